The summed E-state index contributed by atoms with van der Waals surface area (Å²) in [6.45, 7) is 0. The normalized spacial score (nSPS) is 10.8. The molecule has 6 nitrogen and oxygen atoms in total. The van der Waals surface area contributed by atoms with Crippen LogP contribution in [0.15, 0.2) is 81.6 Å². The summed E-state index contributed by atoms with van der Waals surface area (Å²) in [4.78, 5) is 24.3. The molecule has 0 atom stereocenters. The molecule has 0 spiro atoms. The van der Waals surface area contributed by atoms with Gasteiger partial charge >= 0.3 is 0 Å². The molecule has 3 aromatic carbocycles. The lowest BCUT2D eigenvalue weighted by molar-refractivity contribution is -0.387. The largest absolute Gasteiger partial charge is 0.283 e. The molecule has 0 heterocycles. The van der Waals surface area contributed by atoms with Gasteiger partial charge in [-0.05, 0) is 54.6 Å². The Bertz CT molecular complexity index is 1070. The molecule has 9 heteroatoms. The van der Waals surface area contributed by atoms with Crippen molar-refractivity contribution in [2.75, 3.05) is 0 Å². The third-order valence-corrected chi connectivity index (χ3v) is 5.28. The second kappa shape index (κ2) is 9.56. The number of hydrogen-bond acceptors (Lipinski definition) is 5. The first-order valence-corrected chi connectivity index (χ1v) is 9.80. The van der Waals surface area contributed by atoms with Crippen LogP contribution >= 0.6 is 35.0 Å². The summed E-state index contributed by atoms with van der Waals surface area (Å²) in [5.74, 6) is -0.415. The number of carbonyl (C=O) groups excluding carboxylic acids is 1. The molecular formula is C20H13Cl2N3O3S. The topological polar surface area (TPSA) is 84.6 Å². The monoisotopic (exact) mass is 445 g/mol. The highest BCUT2D eigenvalue weighted by Crippen LogP contribution is 2.35. The summed E-state index contributed by atoms with van der Waals surface area (Å²) >= 11 is 12.9. The highest BCUT2D eigenvalue weighted by atomic mass is 35.5. The standard InChI is InChI=1S/C20H13Cl2N3O3S/c21-15-4-2-14(3-5-15)20(26)24-23-12-13-1-10-19(18(11-13)25(27)28)29-17-8-6-16(22)7-9-17/h1-12H,(H,24,26)/b23-12-. The Morgan fingerprint density at radius 1 is 1.00 bits per heavy atom. The Kier molecular flexibility index (Phi) is 6.87. The molecule has 0 fully saturated rings. The van der Waals surface area contributed by atoms with E-state index in [1.807, 2.05) is 0 Å². The maximum atomic E-state index is 12.0. The average molecular weight is 446 g/mol. The molecule has 0 aliphatic carbocycles. The lowest BCUT2D eigenvalue weighted by Crippen LogP contribution is -2.17. The first kappa shape index (κ1) is 20.9. The number of amides is 1. The van der Waals surface area contributed by atoms with E-state index in [0.29, 0.717) is 26.1 Å². The fourth-order valence-electron chi connectivity index (χ4n) is 2.30. The highest BCUT2D eigenvalue weighted by Gasteiger charge is 2.15. The number of nitro groups is 1. The van der Waals surface area contributed by atoms with Crippen molar-refractivity contribution in [3.63, 3.8) is 0 Å². The van der Waals surface area contributed by atoms with Crippen LogP contribution in [-0.2, 0) is 0 Å². The number of carbonyl (C=O) groups is 1. The number of hydrogen-bond donors (Lipinski definition) is 1. The van der Waals surface area contributed by atoms with Gasteiger partial charge in [0.15, 0.2) is 0 Å². The van der Waals surface area contributed by atoms with Crippen LogP contribution in [0.2, 0.25) is 10.0 Å². The average Bonchev–Trinajstić information content (AvgIpc) is 2.71. The quantitative estimate of drug-likeness (QED) is 0.294. The number of halogens is 2. The van der Waals surface area contributed by atoms with Crippen molar-refractivity contribution in [1.29, 1.82) is 0 Å². The van der Waals surface area contributed by atoms with Crippen LogP contribution in [0, 0.1) is 10.1 Å². The van der Waals surface area contributed by atoms with Gasteiger partial charge in [0.25, 0.3) is 11.6 Å². The van der Waals surface area contributed by atoms with E-state index in [1.165, 1.54) is 24.0 Å². The summed E-state index contributed by atoms with van der Waals surface area (Å²) in [6.07, 6.45) is 1.34. The fraction of sp³-hybridized carbons (Fsp3) is 0. The molecule has 0 aromatic heterocycles. The molecule has 0 aliphatic heterocycles. The van der Waals surface area contributed by atoms with E-state index >= 15 is 0 Å². The van der Waals surface area contributed by atoms with Crippen LogP contribution in [0.1, 0.15) is 15.9 Å². The Morgan fingerprint density at radius 3 is 2.24 bits per heavy atom. The SMILES string of the molecule is O=C(N/N=C\c1ccc(Sc2ccc(Cl)cc2)c([N+](=O)[O-])c1)c1ccc(Cl)cc1. The molecule has 0 bridgehead atoms. The van der Waals surface area contributed by atoms with Crippen molar-refractivity contribution in [2.45, 2.75) is 9.79 Å². The minimum absolute atomic E-state index is 0.0575. The van der Waals surface area contributed by atoms with Gasteiger partial charge in [0.1, 0.15) is 0 Å². The lowest BCUT2D eigenvalue weighted by Gasteiger charge is -2.04. The van der Waals surface area contributed by atoms with Gasteiger partial charge in [-0.3, -0.25) is 14.9 Å². The van der Waals surface area contributed by atoms with Crippen LogP contribution in [0.4, 0.5) is 5.69 Å². The summed E-state index contributed by atoms with van der Waals surface area (Å²) in [5, 5.41) is 16.4. The van der Waals surface area contributed by atoms with E-state index in [0.717, 1.165) is 4.90 Å². The maximum absolute atomic E-state index is 12.0. The van der Waals surface area contributed by atoms with Gasteiger partial charge < -0.3 is 0 Å². The summed E-state index contributed by atoms with van der Waals surface area (Å²) < 4.78 is 0. The summed E-state index contributed by atoms with van der Waals surface area (Å²) in [5.41, 5.74) is 3.19. The molecule has 146 valence electrons. The second-order valence-electron chi connectivity index (χ2n) is 5.75. The summed E-state index contributed by atoms with van der Waals surface area (Å²) in [6, 6.07) is 18.1. The Labute approximate surface area is 180 Å². The molecule has 0 radical (unpaired) electrons. The van der Waals surface area contributed by atoms with Crippen molar-refractivity contribution < 1.29 is 9.72 Å². The zero-order valence-electron chi connectivity index (χ0n) is 14.7. The third kappa shape index (κ3) is 5.80. The van der Waals surface area contributed by atoms with E-state index in [2.05, 4.69) is 10.5 Å². The number of hydrazone groups is 1. The zero-order chi connectivity index (χ0) is 20.8. The van der Waals surface area contributed by atoms with Gasteiger partial charge in [0.2, 0.25) is 0 Å². The lowest BCUT2D eigenvalue weighted by atomic mass is 10.2. The molecule has 0 saturated heterocycles. The molecule has 29 heavy (non-hydrogen) atoms. The van der Waals surface area contributed by atoms with Gasteiger partial charge in [-0.1, -0.05) is 41.0 Å². The Balaban J connectivity index is 1.73. The molecule has 1 N–H and O–H groups in total. The van der Waals surface area contributed by atoms with Gasteiger partial charge in [-0.15, -0.1) is 0 Å². The predicted octanol–water partition coefficient (Wildman–Crippen LogP) is 5.82. The van der Waals surface area contributed by atoms with Crippen LogP contribution in [0.25, 0.3) is 0 Å². The number of rotatable bonds is 6. The van der Waals surface area contributed by atoms with E-state index < -0.39 is 10.8 Å². The van der Waals surface area contributed by atoms with Crippen molar-refractivity contribution >= 4 is 52.8 Å². The van der Waals surface area contributed by atoms with Gasteiger partial charge in [0.05, 0.1) is 16.0 Å². The van der Waals surface area contributed by atoms with Crippen LogP contribution in [0.3, 0.4) is 0 Å². The Morgan fingerprint density at radius 2 is 1.62 bits per heavy atom. The summed E-state index contributed by atoms with van der Waals surface area (Å²) in [7, 11) is 0. The molecule has 1 amide bonds. The van der Waals surface area contributed by atoms with Crippen molar-refractivity contribution in [3.05, 3.63) is 98.0 Å². The van der Waals surface area contributed by atoms with Crippen molar-refractivity contribution in [3.8, 4) is 0 Å². The number of benzene rings is 3. The van der Waals surface area contributed by atoms with E-state index in [4.69, 9.17) is 23.2 Å². The maximum Gasteiger partial charge on any atom is 0.283 e. The van der Waals surface area contributed by atoms with Crippen LogP contribution < -0.4 is 5.43 Å². The second-order valence-corrected chi connectivity index (χ2v) is 7.73. The molecule has 0 unspecified atom stereocenters. The van der Waals surface area contributed by atoms with Crippen molar-refractivity contribution in [2.24, 2.45) is 5.10 Å². The zero-order valence-corrected chi connectivity index (χ0v) is 17.0. The smallest absolute Gasteiger partial charge is 0.267 e. The molecule has 0 aliphatic rings. The molecule has 3 rings (SSSR count). The van der Waals surface area contributed by atoms with Crippen molar-refractivity contribution in [1.82, 2.24) is 5.43 Å². The highest BCUT2D eigenvalue weighted by molar-refractivity contribution is 7.99. The third-order valence-electron chi connectivity index (χ3n) is 3.71. The molecule has 0 saturated carbocycles. The minimum atomic E-state index is -0.456. The van der Waals surface area contributed by atoms with Crippen LogP contribution in [-0.4, -0.2) is 17.0 Å². The van der Waals surface area contributed by atoms with E-state index in [-0.39, 0.29) is 5.69 Å². The molecular weight excluding hydrogens is 433 g/mol. The number of nitrogens with one attached hydrogen (secondary N) is 1. The fourth-order valence-corrected chi connectivity index (χ4v) is 3.46. The first-order chi connectivity index (χ1) is 13.9. The Hall–Kier alpha value is -2.87. The van der Waals surface area contributed by atoms with Gasteiger partial charge in [-0.2, -0.15) is 5.10 Å². The first-order valence-electron chi connectivity index (χ1n) is 8.23. The van der Waals surface area contributed by atoms with Crippen LogP contribution in [0.5, 0.6) is 0 Å². The number of nitro benzene ring substituents is 1. The molecule has 3 aromatic rings. The number of nitrogens with zero attached hydrogens (tertiary/aromatic N) is 2. The predicted molar refractivity (Wildman–Crippen MR) is 115 cm³/mol. The van der Waals surface area contributed by atoms with Gasteiger partial charge in [0, 0.05) is 32.1 Å². The van der Waals surface area contributed by atoms with E-state index in [1.54, 1.807) is 60.7 Å². The van der Waals surface area contributed by atoms with E-state index in [9.17, 15) is 14.9 Å². The van der Waals surface area contributed by atoms with Gasteiger partial charge in [-0.25, -0.2) is 5.43 Å². The minimum Gasteiger partial charge on any atom is -0.267 e.